The summed E-state index contributed by atoms with van der Waals surface area (Å²) in [6.45, 7) is 1.50. The van der Waals surface area contributed by atoms with Gasteiger partial charge in [-0.05, 0) is 19.2 Å². The van der Waals surface area contributed by atoms with Crippen LogP contribution in [-0.4, -0.2) is 45.0 Å². The maximum Gasteiger partial charge on any atom is 0.255 e. The first-order valence-electron chi connectivity index (χ1n) is 5.37. The number of para-hydroxylation sites is 1. The highest BCUT2D eigenvalue weighted by Gasteiger charge is 2.13. The molecule has 0 heterocycles. The predicted octanol–water partition coefficient (Wildman–Crippen LogP) is 1.02. The zero-order valence-electron chi connectivity index (χ0n) is 10.1. The van der Waals surface area contributed by atoms with Crippen molar-refractivity contribution in [1.82, 2.24) is 10.2 Å². The quantitative estimate of drug-likeness (QED) is 0.780. The molecule has 0 radical (unpaired) electrons. The molecular weight excluding hydrogens is 202 g/mol. The number of hydrogen-bond acceptors (Lipinski definition) is 3. The Labute approximate surface area is 96.6 Å². The molecule has 0 saturated heterocycles. The third-order valence-electron chi connectivity index (χ3n) is 2.47. The largest absolute Gasteiger partial charge is 0.387 e. The maximum absolute atomic E-state index is 12.1. The van der Waals surface area contributed by atoms with E-state index in [0.717, 1.165) is 12.2 Å². The monoisotopic (exact) mass is 221 g/mol. The standard InChI is InChI=1S/C12H19N3O/c1-13-8-9-15(3)12(16)10-6-4-5-7-11(10)14-2/h4-7,13-14H,8-9H2,1-3H3. The topological polar surface area (TPSA) is 44.4 Å². The van der Waals surface area contributed by atoms with E-state index in [1.807, 2.05) is 45.4 Å². The minimum atomic E-state index is 0.0419. The molecular formula is C12H19N3O. The van der Waals surface area contributed by atoms with Crippen molar-refractivity contribution in [2.45, 2.75) is 0 Å². The third-order valence-corrected chi connectivity index (χ3v) is 2.47. The molecule has 4 heteroatoms. The predicted molar refractivity (Wildman–Crippen MR) is 66.9 cm³/mol. The van der Waals surface area contributed by atoms with Gasteiger partial charge in [-0.25, -0.2) is 0 Å². The molecule has 0 unspecified atom stereocenters. The van der Waals surface area contributed by atoms with Gasteiger partial charge in [-0.1, -0.05) is 12.1 Å². The van der Waals surface area contributed by atoms with Crippen LogP contribution in [0.25, 0.3) is 0 Å². The van der Waals surface area contributed by atoms with E-state index in [1.165, 1.54) is 0 Å². The fourth-order valence-electron chi connectivity index (χ4n) is 1.47. The van der Waals surface area contributed by atoms with Crippen molar-refractivity contribution < 1.29 is 4.79 Å². The number of likely N-dealkylation sites (N-methyl/N-ethyl adjacent to an activating group) is 2. The molecule has 0 saturated carbocycles. The zero-order valence-corrected chi connectivity index (χ0v) is 10.1. The summed E-state index contributed by atoms with van der Waals surface area (Å²) in [6.07, 6.45) is 0. The molecule has 0 spiro atoms. The van der Waals surface area contributed by atoms with Crippen LogP contribution in [0.3, 0.4) is 0 Å². The van der Waals surface area contributed by atoms with E-state index < -0.39 is 0 Å². The van der Waals surface area contributed by atoms with Gasteiger partial charge in [-0.2, -0.15) is 0 Å². The first kappa shape index (κ1) is 12.5. The van der Waals surface area contributed by atoms with Crippen molar-refractivity contribution in [3.05, 3.63) is 29.8 Å². The molecule has 0 aliphatic rings. The highest BCUT2D eigenvalue weighted by Crippen LogP contribution is 2.15. The van der Waals surface area contributed by atoms with Gasteiger partial charge in [0.2, 0.25) is 0 Å². The second-order valence-electron chi connectivity index (χ2n) is 3.63. The number of benzene rings is 1. The van der Waals surface area contributed by atoms with Crippen LogP contribution in [0.15, 0.2) is 24.3 Å². The van der Waals surface area contributed by atoms with Crippen LogP contribution in [0.1, 0.15) is 10.4 Å². The van der Waals surface area contributed by atoms with Crippen LogP contribution < -0.4 is 10.6 Å². The first-order valence-corrected chi connectivity index (χ1v) is 5.37. The van der Waals surface area contributed by atoms with Crippen molar-refractivity contribution in [2.75, 3.05) is 39.5 Å². The molecule has 0 fully saturated rings. The normalized spacial score (nSPS) is 9.94. The van der Waals surface area contributed by atoms with E-state index in [1.54, 1.807) is 4.90 Å². The summed E-state index contributed by atoms with van der Waals surface area (Å²) in [7, 11) is 5.51. The van der Waals surface area contributed by atoms with Crippen molar-refractivity contribution in [3.63, 3.8) is 0 Å². The lowest BCUT2D eigenvalue weighted by Gasteiger charge is -2.18. The van der Waals surface area contributed by atoms with Crippen molar-refractivity contribution in [3.8, 4) is 0 Å². The molecule has 1 amide bonds. The lowest BCUT2D eigenvalue weighted by atomic mass is 10.1. The SMILES string of the molecule is CNCCN(C)C(=O)c1ccccc1NC. The Kier molecular flexibility index (Phi) is 4.79. The second-order valence-corrected chi connectivity index (χ2v) is 3.63. The average Bonchev–Trinajstić information content (AvgIpc) is 2.34. The Balaban J connectivity index is 2.79. The summed E-state index contributed by atoms with van der Waals surface area (Å²) < 4.78 is 0. The van der Waals surface area contributed by atoms with E-state index >= 15 is 0 Å². The van der Waals surface area contributed by atoms with Gasteiger partial charge in [-0.3, -0.25) is 4.79 Å². The summed E-state index contributed by atoms with van der Waals surface area (Å²) in [5.74, 6) is 0.0419. The Bertz CT molecular complexity index is 352. The highest BCUT2D eigenvalue weighted by molar-refractivity contribution is 5.99. The summed E-state index contributed by atoms with van der Waals surface area (Å²) in [5.41, 5.74) is 1.58. The first-order chi connectivity index (χ1) is 7.70. The number of amides is 1. The fourth-order valence-corrected chi connectivity index (χ4v) is 1.47. The molecule has 4 nitrogen and oxygen atoms in total. The molecule has 0 bridgehead atoms. The molecule has 16 heavy (non-hydrogen) atoms. The van der Waals surface area contributed by atoms with Gasteiger partial charge in [-0.15, -0.1) is 0 Å². The van der Waals surface area contributed by atoms with E-state index in [2.05, 4.69) is 10.6 Å². The number of hydrogen-bond donors (Lipinski definition) is 2. The Morgan fingerprint density at radius 2 is 2.00 bits per heavy atom. The fraction of sp³-hybridized carbons (Fsp3) is 0.417. The molecule has 1 aromatic carbocycles. The van der Waals surface area contributed by atoms with Gasteiger partial charge >= 0.3 is 0 Å². The number of nitrogens with zero attached hydrogens (tertiary/aromatic N) is 1. The van der Waals surface area contributed by atoms with Crippen LogP contribution in [0.4, 0.5) is 5.69 Å². The number of anilines is 1. The van der Waals surface area contributed by atoms with Gasteiger partial charge in [0.05, 0.1) is 5.56 Å². The lowest BCUT2D eigenvalue weighted by molar-refractivity contribution is 0.0798. The van der Waals surface area contributed by atoms with Crippen molar-refractivity contribution >= 4 is 11.6 Å². The summed E-state index contributed by atoms with van der Waals surface area (Å²) in [4.78, 5) is 13.8. The van der Waals surface area contributed by atoms with Gasteiger partial charge in [0, 0.05) is 32.9 Å². The molecule has 0 aliphatic carbocycles. The lowest BCUT2D eigenvalue weighted by Crippen LogP contribution is -2.33. The van der Waals surface area contributed by atoms with Crippen LogP contribution in [-0.2, 0) is 0 Å². The Morgan fingerprint density at radius 1 is 1.31 bits per heavy atom. The van der Waals surface area contributed by atoms with E-state index in [0.29, 0.717) is 12.1 Å². The van der Waals surface area contributed by atoms with Gasteiger partial charge < -0.3 is 15.5 Å². The average molecular weight is 221 g/mol. The molecule has 88 valence electrons. The minimum absolute atomic E-state index is 0.0419. The summed E-state index contributed by atoms with van der Waals surface area (Å²) in [5, 5.41) is 6.05. The van der Waals surface area contributed by atoms with E-state index in [9.17, 15) is 4.79 Å². The van der Waals surface area contributed by atoms with Crippen LogP contribution in [0.2, 0.25) is 0 Å². The summed E-state index contributed by atoms with van der Waals surface area (Å²) >= 11 is 0. The van der Waals surface area contributed by atoms with E-state index in [4.69, 9.17) is 0 Å². The number of carbonyl (C=O) groups excluding carboxylic acids is 1. The van der Waals surface area contributed by atoms with Gasteiger partial charge in [0.1, 0.15) is 0 Å². The van der Waals surface area contributed by atoms with Crippen molar-refractivity contribution in [1.29, 1.82) is 0 Å². The highest BCUT2D eigenvalue weighted by atomic mass is 16.2. The van der Waals surface area contributed by atoms with Crippen LogP contribution >= 0.6 is 0 Å². The zero-order chi connectivity index (χ0) is 12.0. The third kappa shape index (κ3) is 2.97. The molecule has 0 aliphatic heterocycles. The Morgan fingerprint density at radius 3 is 2.62 bits per heavy atom. The number of rotatable bonds is 5. The second kappa shape index (κ2) is 6.12. The molecule has 2 N–H and O–H groups in total. The Hall–Kier alpha value is -1.55. The molecule has 1 rings (SSSR count). The summed E-state index contributed by atoms with van der Waals surface area (Å²) in [6, 6.07) is 7.53. The van der Waals surface area contributed by atoms with Crippen LogP contribution in [0.5, 0.6) is 0 Å². The van der Waals surface area contributed by atoms with Gasteiger partial charge in [0.25, 0.3) is 5.91 Å². The number of carbonyl (C=O) groups is 1. The molecule has 0 atom stereocenters. The van der Waals surface area contributed by atoms with E-state index in [-0.39, 0.29) is 5.91 Å². The van der Waals surface area contributed by atoms with Gasteiger partial charge in [0.15, 0.2) is 0 Å². The number of nitrogens with one attached hydrogen (secondary N) is 2. The molecule has 0 aromatic heterocycles. The molecule has 1 aromatic rings. The maximum atomic E-state index is 12.1. The van der Waals surface area contributed by atoms with Crippen molar-refractivity contribution in [2.24, 2.45) is 0 Å². The smallest absolute Gasteiger partial charge is 0.255 e. The minimum Gasteiger partial charge on any atom is -0.387 e. The van der Waals surface area contributed by atoms with Crippen LogP contribution in [0, 0.1) is 0 Å².